The predicted octanol–water partition coefficient (Wildman–Crippen LogP) is 2.27. The molecule has 6 nitrogen and oxygen atoms in total. The number of anilines is 1. The van der Waals surface area contributed by atoms with Gasteiger partial charge in [0.2, 0.25) is 5.28 Å². The number of halogens is 4. The molecule has 0 bridgehead atoms. The number of fused-ring (bicyclic) bond motifs is 1. The standard InChI is InChI=1S/C12H13ClF3N5O/c1-7-5-22-3-2-20(7)9-8-4-17-21(6-12(14,15)16)10(8)19-11(13)18-9/h4,7H,2-3,5-6H2,1H3/t7-/m1/s1. The van der Waals surface area contributed by atoms with Crippen LogP contribution in [-0.4, -0.2) is 51.7 Å². The van der Waals surface area contributed by atoms with Crippen LogP contribution < -0.4 is 4.90 Å². The van der Waals surface area contributed by atoms with E-state index in [1.54, 1.807) is 0 Å². The van der Waals surface area contributed by atoms with Crippen LogP contribution >= 0.6 is 11.6 Å². The Labute approximate surface area is 128 Å². The Morgan fingerprint density at radius 1 is 1.41 bits per heavy atom. The summed E-state index contributed by atoms with van der Waals surface area (Å²) in [5, 5.41) is 4.12. The topological polar surface area (TPSA) is 56.1 Å². The van der Waals surface area contributed by atoms with Crippen molar-refractivity contribution in [3.05, 3.63) is 11.5 Å². The van der Waals surface area contributed by atoms with Crippen LogP contribution in [-0.2, 0) is 11.3 Å². The molecule has 0 aliphatic carbocycles. The van der Waals surface area contributed by atoms with Crippen LogP contribution in [0.5, 0.6) is 0 Å². The Balaban J connectivity index is 2.07. The average molecular weight is 336 g/mol. The maximum atomic E-state index is 12.6. The molecular formula is C12H13ClF3N5O. The first-order chi connectivity index (χ1) is 10.3. The second kappa shape index (κ2) is 5.54. The lowest BCUT2D eigenvalue weighted by atomic mass is 10.2. The molecule has 0 spiro atoms. The third-order valence-corrected chi connectivity index (χ3v) is 3.59. The zero-order valence-electron chi connectivity index (χ0n) is 11.6. The summed E-state index contributed by atoms with van der Waals surface area (Å²) in [4.78, 5) is 10.0. The molecule has 1 aliphatic rings. The van der Waals surface area contributed by atoms with Crippen molar-refractivity contribution < 1.29 is 17.9 Å². The summed E-state index contributed by atoms with van der Waals surface area (Å²) in [6.07, 6.45) is -3.04. The average Bonchev–Trinajstić information content (AvgIpc) is 2.80. The number of nitrogens with zero attached hydrogens (tertiary/aromatic N) is 5. The molecule has 22 heavy (non-hydrogen) atoms. The summed E-state index contributed by atoms with van der Waals surface area (Å²) in [6.45, 7) is 2.33. The van der Waals surface area contributed by atoms with Gasteiger partial charge in [-0.15, -0.1) is 0 Å². The highest BCUT2D eigenvalue weighted by Gasteiger charge is 2.31. The normalized spacial score (nSPS) is 19.9. The molecule has 0 N–H and O–H groups in total. The van der Waals surface area contributed by atoms with Gasteiger partial charge in [0, 0.05) is 6.54 Å². The van der Waals surface area contributed by atoms with Crippen molar-refractivity contribution >= 4 is 28.5 Å². The van der Waals surface area contributed by atoms with Gasteiger partial charge in [0.15, 0.2) is 5.65 Å². The number of hydrogen-bond acceptors (Lipinski definition) is 5. The Morgan fingerprint density at radius 2 is 2.18 bits per heavy atom. The zero-order valence-corrected chi connectivity index (χ0v) is 12.4. The maximum Gasteiger partial charge on any atom is 0.408 e. The second-order valence-corrected chi connectivity index (χ2v) is 5.43. The van der Waals surface area contributed by atoms with E-state index in [4.69, 9.17) is 16.3 Å². The highest BCUT2D eigenvalue weighted by Crippen LogP contribution is 2.29. The minimum atomic E-state index is -4.39. The number of alkyl halides is 3. The number of morpholine rings is 1. The number of rotatable bonds is 2. The van der Waals surface area contributed by atoms with E-state index in [2.05, 4.69) is 15.1 Å². The molecule has 1 aliphatic heterocycles. The monoisotopic (exact) mass is 335 g/mol. The largest absolute Gasteiger partial charge is 0.408 e. The van der Waals surface area contributed by atoms with Crippen molar-refractivity contribution in [1.82, 2.24) is 19.7 Å². The van der Waals surface area contributed by atoms with Crippen molar-refractivity contribution in [2.45, 2.75) is 25.7 Å². The smallest absolute Gasteiger partial charge is 0.377 e. The summed E-state index contributed by atoms with van der Waals surface area (Å²) in [5.74, 6) is 0.485. The van der Waals surface area contributed by atoms with Gasteiger partial charge >= 0.3 is 6.18 Å². The van der Waals surface area contributed by atoms with E-state index in [1.807, 2.05) is 11.8 Å². The second-order valence-electron chi connectivity index (χ2n) is 5.09. The molecule has 3 rings (SSSR count). The van der Waals surface area contributed by atoms with E-state index in [1.165, 1.54) is 6.20 Å². The van der Waals surface area contributed by atoms with E-state index in [0.717, 1.165) is 4.68 Å². The Kier molecular flexibility index (Phi) is 3.85. The molecule has 1 saturated heterocycles. The molecule has 0 saturated carbocycles. The molecule has 0 aromatic carbocycles. The Bertz CT molecular complexity index is 689. The number of ether oxygens (including phenoxy) is 1. The fourth-order valence-electron chi connectivity index (χ4n) is 2.46. The first-order valence-electron chi connectivity index (χ1n) is 6.65. The molecule has 1 fully saturated rings. The van der Waals surface area contributed by atoms with E-state index in [0.29, 0.717) is 31.0 Å². The molecule has 1 atom stereocenters. The molecular weight excluding hydrogens is 323 g/mol. The zero-order chi connectivity index (χ0) is 15.9. The van der Waals surface area contributed by atoms with Crippen LogP contribution in [0.15, 0.2) is 6.20 Å². The number of aromatic nitrogens is 4. The Hall–Kier alpha value is -1.61. The third-order valence-electron chi connectivity index (χ3n) is 3.42. The molecule has 10 heteroatoms. The van der Waals surface area contributed by atoms with Gasteiger partial charge in [0.25, 0.3) is 0 Å². The van der Waals surface area contributed by atoms with E-state index in [9.17, 15) is 13.2 Å². The molecule has 0 unspecified atom stereocenters. The molecule has 0 radical (unpaired) electrons. The lowest BCUT2D eigenvalue weighted by Gasteiger charge is -2.34. The number of hydrogen-bond donors (Lipinski definition) is 0. The summed E-state index contributed by atoms with van der Waals surface area (Å²) < 4.78 is 43.9. The van der Waals surface area contributed by atoms with Gasteiger partial charge in [0.05, 0.1) is 30.8 Å². The van der Waals surface area contributed by atoms with Gasteiger partial charge in [-0.3, -0.25) is 0 Å². The van der Waals surface area contributed by atoms with Crippen molar-refractivity contribution in [3.8, 4) is 0 Å². The highest BCUT2D eigenvalue weighted by atomic mass is 35.5. The van der Waals surface area contributed by atoms with Gasteiger partial charge < -0.3 is 9.64 Å². The first-order valence-corrected chi connectivity index (χ1v) is 7.03. The summed E-state index contributed by atoms with van der Waals surface area (Å²) in [6, 6.07) is 0.0360. The van der Waals surface area contributed by atoms with E-state index in [-0.39, 0.29) is 17.0 Å². The van der Waals surface area contributed by atoms with Crippen molar-refractivity contribution in [1.29, 1.82) is 0 Å². The summed E-state index contributed by atoms with van der Waals surface area (Å²) >= 11 is 5.89. The van der Waals surface area contributed by atoms with Crippen molar-refractivity contribution in [2.24, 2.45) is 0 Å². The fourth-order valence-corrected chi connectivity index (χ4v) is 2.62. The van der Waals surface area contributed by atoms with Crippen LogP contribution in [0.4, 0.5) is 19.0 Å². The quantitative estimate of drug-likeness (QED) is 0.788. The lowest BCUT2D eigenvalue weighted by Crippen LogP contribution is -2.44. The van der Waals surface area contributed by atoms with Gasteiger partial charge in [-0.2, -0.15) is 28.2 Å². The molecule has 120 valence electrons. The fraction of sp³-hybridized carbons (Fsp3) is 0.583. The van der Waals surface area contributed by atoms with Gasteiger partial charge in [-0.1, -0.05) is 0 Å². The van der Waals surface area contributed by atoms with Gasteiger partial charge in [0.1, 0.15) is 12.4 Å². The first kappa shape index (κ1) is 15.3. The third kappa shape index (κ3) is 2.95. The van der Waals surface area contributed by atoms with Gasteiger partial charge in [-0.05, 0) is 18.5 Å². The van der Waals surface area contributed by atoms with E-state index < -0.39 is 12.7 Å². The maximum absolute atomic E-state index is 12.6. The molecule has 3 heterocycles. The van der Waals surface area contributed by atoms with Crippen LogP contribution in [0, 0.1) is 0 Å². The minimum absolute atomic E-state index is 0.0360. The Morgan fingerprint density at radius 3 is 2.86 bits per heavy atom. The van der Waals surface area contributed by atoms with Crippen LogP contribution in [0.3, 0.4) is 0 Å². The minimum Gasteiger partial charge on any atom is -0.377 e. The van der Waals surface area contributed by atoms with Crippen LogP contribution in [0.25, 0.3) is 11.0 Å². The van der Waals surface area contributed by atoms with Gasteiger partial charge in [-0.25, -0.2) is 4.68 Å². The van der Waals surface area contributed by atoms with Crippen LogP contribution in [0.1, 0.15) is 6.92 Å². The SMILES string of the molecule is C[C@@H]1COCCN1c1nc(Cl)nc2c1cnn2CC(F)(F)F. The summed E-state index contributed by atoms with van der Waals surface area (Å²) in [7, 11) is 0. The van der Waals surface area contributed by atoms with Crippen molar-refractivity contribution in [3.63, 3.8) is 0 Å². The molecule has 2 aromatic heterocycles. The van der Waals surface area contributed by atoms with E-state index >= 15 is 0 Å². The molecule has 2 aromatic rings. The molecule has 0 amide bonds. The van der Waals surface area contributed by atoms with Crippen LogP contribution in [0.2, 0.25) is 5.28 Å². The highest BCUT2D eigenvalue weighted by molar-refractivity contribution is 6.28. The predicted molar refractivity (Wildman–Crippen MR) is 74.0 cm³/mol. The lowest BCUT2D eigenvalue weighted by molar-refractivity contribution is -0.141. The van der Waals surface area contributed by atoms with Crippen molar-refractivity contribution in [2.75, 3.05) is 24.7 Å². The summed E-state index contributed by atoms with van der Waals surface area (Å²) in [5.41, 5.74) is 0.0750.